The number of nitrogens with zero attached hydrogens (tertiary/aromatic N) is 3. The summed E-state index contributed by atoms with van der Waals surface area (Å²) in [4.78, 5) is 20.3. The summed E-state index contributed by atoms with van der Waals surface area (Å²) >= 11 is 0. The van der Waals surface area contributed by atoms with Crippen LogP contribution >= 0.6 is 0 Å². The van der Waals surface area contributed by atoms with Gasteiger partial charge in [-0.05, 0) is 49.9 Å². The van der Waals surface area contributed by atoms with Crippen LogP contribution in [-0.4, -0.2) is 56.7 Å². The SMILES string of the molecule is COc1cc(F)ccc1N1CCN(CC2CCc3c(F)cccc3N2C(=O)C2CCCCC2)CC1. The number of carbonyl (C=O) groups excluding carboxylic acids is 1. The molecule has 5 nitrogen and oxygen atoms in total. The van der Waals surface area contributed by atoms with Gasteiger partial charge in [-0.1, -0.05) is 25.3 Å². The Hall–Kier alpha value is -2.67. The van der Waals surface area contributed by atoms with Crippen molar-refractivity contribution >= 4 is 17.3 Å². The lowest BCUT2D eigenvalue weighted by Crippen LogP contribution is -2.55. The average molecular weight is 484 g/mol. The van der Waals surface area contributed by atoms with Gasteiger partial charge < -0.3 is 14.5 Å². The van der Waals surface area contributed by atoms with Crippen molar-refractivity contribution in [2.24, 2.45) is 5.92 Å². The number of hydrogen-bond donors (Lipinski definition) is 0. The van der Waals surface area contributed by atoms with Crippen LogP contribution in [-0.2, 0) is 11.2 Å². The molecular weight excluding hydrogens is 448 g/mol. The third-order valence-electron chi connectivity index (χ3n) is 7.96. The molecule has 1 aliphatic carbocycles. The number of halogens is 2. The van der Waals surface area contributed by atoms with E-state index in [1.165, 1.54) is 24.6 Å². The first-order valence-electron chi connectivity index (χ1n) is 13.0. The number of hydrogen-bond acceptors (Lipinski definition) is 4. The topological polar surface area (TPSA) is 36.0 Å². The van der Waals surface area contributed by atoms with Crippen LogP contribution in [0.15, 0.2) is 36.4 Å². The predicted molar refractivity (Wildman–Crippen MR) is 134 cm³/mol. The second-order valence-corrected chi connectivity index (χ2v) is 10.1. The molecule has 2 aromatic rings. The van der Waals surface area contributed by atoms with Crippen LogP contribution in [0.2, 0.25) is 0 Å². The van der Waals surface area contributed by atoms with Crippen LogP contribution in [0.3, 0.4) is 0 Å². The molecular formula is C28H35F2N3O2. The molecule has 0 spiro atoms. The summed E-state index contributed by atoms with van der Waals surface area (Å²) < 4.78 is 33.7. The molecule has 7 heteroatoms. The fourth-order valence-electron chi connectivity index (χ4n) is 6.06. The maximum atomic E-state index is 14.6. The molecule has 2 aromatic carbocycles. The van der Waals surface area contributed by atoms with E-state index in [9.17, 15) is 13.6 Å². The van der Waals surface area contributed by atoms with Crippen molar-refractivity contribution in [3.8, 4) is 5.75 Å². The minimum Gasteiger partial charge on any atom is -0.494 e. The summed E-state index contributed by atoms with van der Waals surface area (Å²) in [6.45, 7) is 4.08. The van der Waals surface area contributed by atoms with E-state index in [0.717, 1.165) is 76.2 Å². The zero-order valence-corrected chi connectivity index (χ0v) is 20.5. The smallest absolute Gasteiger partial charge is 0.230 e. The Bertz CT molecular complexity index is 1050. The third-order valence-corrected chi connectivity index (χ3v) is 7.96. The van der Waals surface area contributed by atoms with Crippen molar-refractivity contribution < 1.29 is 18.3 Å². The van der Waals surface area contributed by atoms with Crippen molar-refractivity contribution in [2.75, 3.05) is 49.6 Å². The summed E-state index contributed by atoms with van der Waals surface area (Å²) in [7, 11) is 1.57. The van der Waals surface area contributed by atoms with Gasteiger partial charge in [-0.2, -0.15) is 0 Å². The molecule has 2 aliphatic heterocycles. The lowest BCUT2D eigenvalue weighted by atomic mass is 9.86. The van der Waals surface area contributed by atoms with Gasteiger partial charge in [0.25, 0.3) is 0 Å². The van der Waals surface area contributed by atoms with Gasteiger partial charge in [-0.3, -0.25) is 9.69 Å². The number of fused-ring (bicyclic) bond motifs is 1. The van der Waals surface area contributed by atoms with E-state index in [4.69, 9.17) is 4.74 Å². The number of methoxy groups -OCH3 is 1. The Morgan fingerprint density at radius 3 is 2.49 bits per heavy atom. The second kappa shape index (κ2) is 10.5. The van der Waals surface area contributed by atoms with Crippen LogP contribution in [0.25, 0.3) is 0 Å². The van der Waals surface area contributed by atoms with Crippen LogP contribution < -0.4 is 14.5 Å². The molecule has 35 heavy (non-hydrogen) atoms. The average Bonchev–Trinajstić information content (AvgIpc) is 2.89. The van der Waals surface area contributed by atoms with E-state index in [2.05, 4.69) is 9.80 Å². The summed E-state index contributed by atoms with van der Waals surface area (Å²) in [6.07, 6.45) is 6.70. The van der Waals surface area contributed by atoms with E-state index >= 15 is 0 Å². The van der Waals surface area contributed by atoms with Gasteiger partial charge in [0.2, 0.25) is 5.91 Å². The normalized spacial score (nSPS) is 21.6. The lowest BCUT2D eigenvalue weighted by Gasteiger charge is -2.44. The van der Waals surface area contributed by atoms with Crippen LogP contribution in [0.4, 0.5) is 20.2 Å². The Labute approximate surface area is 206 Å². The minimum absolute atomic E-state index is 0.0447. The summed E-state index contributed by atoms with van der Waals surface area (Å²) in [5, 5.41) is 0. The molecule has 0 N–H and O–H groups in total. The van der Waals surface area contributed by atoms with Gasteiger partial charge in [0.15, 0.2) is 0 Å². The van der Waals surface area contributed by atoms with E-state index in [0.29, 0.717) is 17.7 Å². The van der Waals surface area contributed by atoms with Crippen LogP contribution in [0, 0.1) is 17.6 Å². The van der Waals surface area contributed by atoms with Gasteiger partial charge in [-0.15, -0.1) is 0 Å². The Balaban J connectivity index is 1.30. The molecule has 1 saturated carbocycles. The highest BCUT2D eigenvalue weighted by Gasteiger charge is 2.37. The zero-order chi connectivity index (χ0) is 24.4. The number of anilines is 2. The monoisotopic (exact) mass is 483 g/mol. The predicted octanol–water partition coefficient (Wildman–Crippen LogP) is 5.02. The van der Waals surface area contributed by atoms with E-state index in [1.807, 2.05) is 11.0 Å². The zero-order valence-electron chi connectivity index (χ0n) is 20.5. The molecule has 0 radical (unpaired) electrons. The first-order valence-corrected chi connectivity index (χ1v) is 13.0. The second-order valence-electron chi connectivity index (χ2n) is 10.1. The number of piperazine rings is 1. The molecule has 1 amide bonds. The van der Waals surface area contributed by atoms with Crippen molar-refractivity contribution in [1.82, 2.24) is 4.90 Å². The highest BCUT2D eigenvalue weighted by Crippen LogP contribution is 2.37. The molecule has 1 unspecified atom stereocenters. The van der Waals surface area contributed by atoms with Gasteiger partial charge in [-0.25, -0.2) is 8.78 Å². The Morgan fingerprint density at radius 2 is 1.74 bits per heavy atom. The first kappa shape index (κ1) is 24.0. The van der Waals surface area contributed by atoms with Crippen LogP contribution in [0.5, 0.6) is 5.75 Å². The maximum Gasteiger partial charge on any atom is 0.230 e. The molecule has 2 fully saturated rings. The van der Waals surface area contributed by atoms with Crippen molar-refractivity contribution in [3.05, 3.63) is 53.6 Å². The number of amides is 1. The van der Waals surface area contributed by atoms with Crippen molar-refractivity contribution in [1.29, 1.82) is 0 Å². The highest BCUT2D eigenvalue weighted by molar-refractivity contribution is 5.97. The summed E-state index contributed by atoms with van der Waals surface area (Å²) in [5.74, 6) is 0.262. The number of benzene rings is 2. The fourth-order valence-corrected chi connectivity index (χ4v) is 6.06. The summed E-state index contributed by atoms with van der Waals surface area (Å²) in [6, 6.07) is 9.88. The Kier molecular flexibility index (Phi) is 7.23. The Morgan fingerprint density at radius 1 is 0.971 bits per heavy atom. The highest BCUT2D eigenvalue weighted by atomic mass is 19.1. The van der Waals surface area contributed by atoms with Crippen molar-refractivity contribution in [2.45, 2.75) is 51.0 Å². The molecule has 2 heterocycles. The maximum absolute atomic E-state index is 14.6. The van der Waals surface area contributed by atoms with E-state index in [1.54, 1.807) is 19.2 Å². The molecule has 3 aliphatic rings. The quantitative estimate of drug-likeness (QED) is 0.598. The molecule has 5 rings (SSSR count). The standard InChI is InChI=1S/C28H35F2N3O2/c1-35-27-18-21(29)10-13-26(27)32-16-14-31(15-17-32)19-22-11-12-23-24(30)8-5-9-25(23)33(22)28(34)20-6-3-2-4-7-20/h5,8-10,13,18,20,22H,2-4,6-7,11-12,14-17,19H2,1H3. The third kappa shape index (κ3) is 5.01. The molecule has 1 atom stereocenters. The lowest BCUT2D eigenvalue weighted by molar-refractivity contribution is -0.124. The number of rotatable bonds is 5. The van der Waals surface area contributed by atoms with Crippen molar-refractivity contribution in [3.63, 3.8) is 0 Å². The van der Waals surface area contributed by atoms with Gasteiger partial charge in [0.05, 0.1) is 18.5 Å². The first-order chi connectivity index (χ1) is 17.0. The van der Waals surface area contributed by atoms with E-state index < -0.39 is 0 Å². The minimum atomic E-state index is -0.305. The molecule has 0 aromatic heterocycles. The largest absolute Gasteiger partial charge is 0.494 e. The number of carbonyl (C=O) groups is 1. The van der Waals surface area contributed by atoms with Gasteiger partial charge in [0.1, 0.15) is 17.4 Å². The molecule has 1 saturated heterocycles. The van der Waals surface area contributed by atoms with Crippen LogP contribution in [0.1, 0.15) is 44.1 Å². The van der Waals surface area contributed by atoms with Gasteiger partial charge in [0, 0.05) is 56.3 Å². The molecule has 188 valence electrons. The molecule has 0 bridgehead atoms. The van der Waals surface area contributed by atoms with E-state index in [-0.39, 0.29) is 29.5 Å². The fraction of sp³-hybridized carbons (Fsp3) is 0.536. The number of ether oxygens (including phenoxy) is 1. The van der Waals surface area contributed by atoms with Gasteiger partial charge >= 0.3 is 0 Å². The summed E-state index contributed by atoms with van der Waals surface area (Å²) in [5.41, 5.74) is 2.36.